The van der Waals surface area contributed by atoms with Gasteiger partial charge in [-0.3, -0.25) is 9.36 Å². The van der Waals surface area contributed by atoms with Gasteiger partial charge in [-0.05, 0) is 37.5 Å². The van der Waals surface area contributed by atoms with Gasteiger partial charge in [-0.2, -0.15) is 0 Å². The molecule has 0 fully saturated rings. The lowest BCUT2D eigenvalue weighted by Gasteiger charge is -2.09. The van der Waals surface area contributed by atoms with Crippen LogP contribution in [-0.4, -0.2) is 15.8 Å². The number of nitrogens with zero attached hydrogens (tertiary/aromatic N) is 2. The second-order valence-electron chi connectivity index (χ2n) is 4.59. The molecule has 0 N–H and O–H groups in total. The number of aryl methyl sites for hydroxylation is 2. The first-order valence-electron chi connectivity index (χ1n) is 6.35. The predicted molar refractivity (Wildman–Crippen MR) is 78.0 cm³/mol. The standard InChI is InChI=1S/C13H16N2OS2/c1-3-7-15-12(16)10-8-5-4-6-9(8)18-11(10)14-13(15)17-2/h3-7H2,1-2H3. The smallest absolute Gasteiger partial charge is 0.263 e. The maximum atomic E-state index is 12.6. The highest BCUT2D eigenvalue weighted by atomic mass is 32.2. The van der Waals surface area contributed by atoms with Crippen molar-refractivity contribution in [3.8, 4) is 0 Å². The first-order chi connectivity index (χ1) is 8.76. The molecule has 1 aliphatic rings. The maximum absolute atomic E-state index is 12.6. The summed E-state index contributed by atoms with van der Waals surface area (Å²) in [5.41, 5.74) is 1.45. The van der Waals surface area contributed by atoms with E-state index in [1.807, 2.05) is 10.8 Å². The Balaban J connectivity index is 2.33. The first kappa shape index (κ1) is 12.2. The normalized spacial score (nSPS) is 14.3. The van der Waals surface area contributed by atoms with Crippen LogP contribution >= 0.6 is 23.1 Å². The molecule has 2 aromatic heterocycles. The Morgan fingerprint density at radius 3 is 3.00 bits per heavy atom. The van der Waals surface area contributed by atoms with Gasteiger partial charge in [0, 0.05) is 11.4 Å². The number of rotatable bonds is 3. The lowest BCUT2D eigenvalue weighted by molar-refractivity contribution is 0.585. The van der Waals surface area contributed by atoms with Crippen LogP contribution in [0.25, 0.3) is 10.2 Å². The fraction of sp³-hybridized carbons (Fsp3) is 0.538. The van der Waals surface area contributed by atoms with Crippen molar-refractivity contribution in [3.63, 3.8) is 0 Å². The molecule has 5 heteroatoms. The quantitative estimate of drug-likeness (QED) is 0.640. The summed E-state index contributed by atoms with van der Waals surface area (Å²) in [4.78, 5) is 19.6. The molecule has 2 heterocycles. The van der Waals surface area contributed by atoms with E-state index in [0.717, 1.165) is 41.2 Å². The SMILES string of the molecule is CCCn1c(SC)nc2sc3c(c2c1=O)CCC3. The molecule has 0 saturated heterocycles. The Bertz CT molecular complexity index is 657. The minimum absolute atomic E-state index is 0.172. The second kappa shape index (κ2) is 4.70. The Labute approximate surface area is 114 Å². The van der Waals surface area contributed by atoms with Crippen LogP contribution in [0.3, 0.4) is 0 Å². The summed E-state index contributed by atoms with van der Waals surface area (Å²) in [5, 5.41) is 1.76. The van der Waals surface area contributed by atoms with Gasteiger partial charge in [-0.15, -0.1) is 11.3 Å². The molecule has 0 aliphatic heterocycles. The van der Waals surface area contributed by atoms with Crippen molar-refractivity contribution in [2.24, 2.45) is 0 Å². The lowest BCUT2D eigenvalue weighted by atomic mass is 10.2. The maximum Gasteiger partial charge on any atom is 0.263 e. The monoisotopic (exact) mass is 280 g/mol. The van der Waals surface area contributed by atoms with Gasteiger partial charge in [-0.1, -0.05) is 18.7 Å². The van der Waals surface area contributed by atoms with Crippen molar-refractivity contribution in [1.29, 1.82) is 0 Å². The van der Waals surface area contributed by atoms with E-state index in [2.05, 4.69) is 11.9 Å². The zero-order valence-corrected chi connectivity index (χ0v) is 12.3. The van der Waals surface area contributed by atoms with Gasteiger partial charge in [0.05, 0.1) is 5.39 Å². The van der Waals surface area contributed by atoms with E-state index in [-0.39, 0.29) is 5.56 Å². The molecular formula is C13H16N2OS2. The van der Waals surface area contributed by atoms with E-state index in [9.17, 15) is 4.79 Å². The van der Waals surface area contributed by atoms with Crippen molar-refractivity contribution >= 4 is 33.3 Å². The van der Waals surface area contributed by atoms with Crippen LogP contribution in [0.2, 0.25) is 0 Å². The highest BCUT2D eigenvalue weighted by Gasteiger charge is 2.22. The average molecular weight is 280 g/mol. The molecule has 96 valence electrons. The molecule has 0 amide bonds. The lowest BCUT2D eigenvalue weighted by Crippen LogP contribution is -2.23. The van der Waals surface area contributed by atoms with E-state index in [4.69, 9.17) is 0 Å². The van der Waals surface area contributed by atoms with Gasteiger partial charge in [0.1, 0.15) is 4.83 Å². The number of hydrogen-bond acceptors (Lipinski definition) is 4. The van der Waals surface area contributed by atoms with Crippen LogP contribution in [0.15, 0.2) is 9.95 Å². The van der Waals surface area contributed by atoms with E-state index in [1.165, 1.54) is 16.9 Å². The molecule has 18 heavy (non-hydrogen) atoms. The zero-order valence-electron chi connectivity index (χ0n) is 10.7. The number of thiophene rings is 1. The summed E-state index contributed by atoms with van der Waals surface area (Å²) in [7, 11) is 0. The average Bonchev–Trinajstić information content (AvgIpc) is 2.92. The molecule has 3 rings (SSSR count). The summed E-state index contributed by atoms with van der Waals surface area (Å²) < 4.78 is 1.85. The van der Waals surface area contributed by atoms with Crippen molar-refractivity contribution < 1.29 is 0 Å². The van der Waals surface area contributed by atoms with Crippen molar-refractivity contribution in [1.82, 2.24) is 9.55 Å². The first-order valence-corrected chi connectivity index (χ1v) is 8.39. The Kier molecular flexibility index (Phi) is 3.20. The van der Waals surface area contributed by atoms with Crippen LogP contribution in [0.1, 0.15) is 30.2 Å². The molecule has 0 unspecified atom stereocenters. The molecule has 3 nitrogen and oxygen atoms in total. The van der Waals surface area contributed by atoms with Gasteiger partial charge in [-0.25, -0.2) is 4.98 Å². The van der Waals surface area contributed by atoms with Crippen molar-refractivity contribution in [3.05, 3.63) is 20.8 Å². The molecule has 0 saturated carbocycles. The third kappa shape index (κ3) is 1.72. The number of hydrogen-bond donors (Lipinski definition) is 0. The van der Waals surface area contributed by atoms with Gasteiger partial charge in [0.15, 0.2) is 5.16 Å². The van der Waals surface area contributed by atoms with Crippen LogP contribution in [0, 0.1) is 0 Å². The summed E-state index contributed by atoms with van der Waals surface area (Å²) >= 11 is 3.28. The Morgan fingerprint density at radius 2 is 2.28 bits per heavy atom. The predicted octanol–water partition coefficient (Wildman–Crippen LogP) is 3.08. The molecule has 0 spiro atoms. The summed E-state index contributed by atoms with van der Waals surface area (Å²) in [6.45, 7) is 2.86. The molecular weight excluding hydrogens is 264 g/mol. The van der Waals surface area contributed by atoms with E-state index in [0.29, 0.717) is 0 Å². The highest BCUT2D eigenvalue weighted by molar-refractivity contribution is 7.98. The van der Waals surface area contributed by atoms with Crippen LogP contribution < -0.4 is 5.56 Å². The molecule has 0 radical (unpaired) electrons. The van der Waals surface area contributed by atoms with Gasteiger partial charge in [0.25, 0.3) is 5.56 Å². The fourth-order valence-electron chi connectivity index (χ4n) is 2.63. The number of fused-ring (bicyclic) bond motifs is 3. The third-order valence-corrected chi connectivity index (χ3v) is 5.28. The largest absolute Gasteiger partial charge is 0.287 e. The number of thioether (sulfide) groups is 1. The van der Waals surface area contributed by atoms with Gasteiger partial charge >= 0.3 is 0 Å². The zero-order chi connectivity index (χ0) is 12.7. The Hall–Kier alpha value is -0.810. The van der Waals surface area contributed by atoms with Crippen LogP contribution in [0.5, 0.6) is 0 Å². The van der Waals surface area contributed by atoms with Gasteiger partial charge < -0.3 is 0 Å². The van der Waals surface area contributed by atoms with Crippen molar-refractivity contribution in [2.75, 3.05) is 6.26 Å². The molecule has 0 atom stereocenters. The number of aromatic nitrogens is 2. The summed E-state index contributed by atoms with van der Waals surface area (Å²) in [5.74, 6) is 0. The minimum Gasteiger partial charge on any atom is -0.287 e. The third-order valence-electron chi connectivity index (χ3n) is 3.42. The molecule has 2 aromatic rings. The molecule has 0 aromatic carbocycles. The molecule has 0 bridgehead atoms. The van der Waals surface area contributed by atoms with E-state index in [1.54, 1.807) is 23.1 Å². The minimum atomic E-state index is 0.172. The fourth-order valence-corrected chi connectivity index (χ4v) is 4.52. The van der Waals surface area contributed by atoms with Crippen molar-refractivity contribution in [2.45, 2.75) is 44.3 Å². The summed E-state index contributed by atoms with van der Waals surface area (Å²) in [6, 6.07) is 0. The highest BCUT2D eigenvalue weighted by Crippen LogP contribution is 2.35. The van der Waals surface area contributed by atoms with Gasteiger partial charge in [0.2, 0.25) is 0 Å². The molecule has 1 aliphatic carbocycles. The Morgan fingerprint density at radius 1 is 1.44 bits per heavy atom. The van der Waals surface area contributed by atoms with E-state index >= 15 is 0 Å². The topological polar surface area (TPSA) is 34.9 Å². The summed E-state index contributed by atoms with van der Waals surface area (Å²) in [6.07, 6.45) is 6.32. The van der Waals surface area contributed by atoms with E-state index < -0.39 is 0 Å². The van der Waals surface area contributed by atoms with Crippen LogP contribution in [-0.2, 0) is 19.4 Å². The second-order valence-corrected chi connectivity index (χ2v) is 6.45. The van der Waals surface area contributed by atoms with Crippen LogP contribution in [0.4, 0.5) is 0 Å².